The number of para-hydroxylation sites is 1. The van der Waals surface area contributed by atoms with E-state index >= 15 is 0 Å². The third-order valence-corrected chi connectivity index (χ3v) is 5.96. The van der Waals surface area contributed by atoms with Crippen LogP contribution in [0.3, 0.4) is 0 Å². The first kappa shape index (κ1) is 27.0. The summed E-state index contributed by atoms with van der Waals surface area (Å²) in [6.07, 6.45) is 2.62. The van der Waals surface area contributed by atoms with E-state index < -0.39 is 0 Å². The van der Waals surface area contributed by atoms with Crippen LogP contribution in [0.1, 0.15) is 11.3 Å². The number of likely N-dealkylation sites (N-methyl/N-ethyl adjacent to an activating group) is 2. The fourth-order valence-electron chi connectivity index (χ4n) is 3.93. The first-order chi connectivity index (χ1) is 18.7. The van der Waals surface area contributed by atoms with Crippen molar-refractivity contribution in [3.05, 3.63) is 60.4 Å². The summed E-state index contributed by atoms with van der Waals surface area (Å²) in [6, 6.07) is 11.6. The number of nitriles is 1. The minimum atomic E-state index is -0.381. The molecule has 0 fully saturated rings. The summed E-state index contributed by atoms with van der Waals surface area (Å²) in [6.45, 7) is 6.88. The van der Waals surface area contributed by atoms with Gasteiger partial charge < -0.3 is 25.2 Å². The molecule has 0 aliphatic carbocycles. The molecular formula is C27H30N10O2. The number of nitrogens with one attached hydrogen (secondary N) is 2. The van der Waals surface area contributed by atoms with Crippen LogP contribution in [0.25, 0.3) is 16.7 Å². The highest BCUT2D eigenvalue weighted by atomic mass is 16.5. The maximum atomic E-state index is 12.2. The van der Waals surface area contributed by atoms with Gasteiger partial charge in [0.25, 0.3) is 0 Å². The molecule has 1 amide bonds. The maximum Gasteiger partial charge on any atom is 0.247 e. The van der Waals surface area contributed by atoms with E-state index in [1.165, 1.54) is 19.4 Å². The van der Waals surface area contributed by atoms with Gasteiger partial charge in [0.05, 0.1) is 30.2 Å². The van der Waals surface area contributed by atoms with E-state index in [9.17, 15) is 10.1 Å². The van der Waals surface area contributed by atoms with Crippen molar-refractivity contribution >= 4 is 40.0 Å². The van der Waals surface area contributed by atoms with Crippen molar-refractivity contribution in [1.29, 1.82) is 5.26 Å². The number of aromatic nitrogens is 5. The van der Waals surface area contributed by atoms with Crippen LogP contribution in [-0.2, 0) is 4.79 Å². The van der Waals surface area contributed by atoms with Crippen molar-refractivity contribution < 1.29 is 9.53 Å². The Morgan fingerprint density at radius 2 is 1.97 bits per heavy atom. The summed E-state index contributed by atoms with van der Waals surface area (Å²) < 4.78 is 7.20. The fraction of sp³-hybridized carbons (Fsp3) is 0.259. The maximum absolute atomic E-state index is 12.2. The van der Waals surface area contributed by atoms with E-state index in [2.05, 4.69) is 48.2 Å². The monoisotopic (exact) mass is 526 g/mol. The molecule has 4 rings (SSSR count). The average molecular weight is 527 g/mol. The molecule has 0 spiro atoms. The lowest BCUT2D eigenvalue weighted by molar-refractivity contribution is -0.111. The second-order valence-electron chi connectivity index (χ2n) is 9.02. The summed E-state index contributed by atoms with van der Waals surface area (Å²) >= 11 is 0. The van der Waals surface area contributed by atoms with Crippen molar-refractivity contribution in [3.8, 4) is 17.8 Å². The third kappa shape index (κ3) is 5.78. The van der Waals surface area contributed by atoms with Crippen molar-refractivity contribution in [2.24, 2.45) is 0 Å². The number of carbonyl (C=O) groups is 1. The quantitative estimate of drug-likeness (QED) is 0.296. The topological polar surface area (TPSA) is 137 Å². The van der Waals surface area contributed by atoms with Gasteiger partial charge in [0.2, 0.25) is 17.7 Å². The smallest absolute Gasteiger partial charge is 0.247 e. The van der Waals surface area contributed by atoms with Crippen LogP contribution in [-0.4, -0.2) is 76.9 Å². The summed E-state index contributed by atoms with van der Waals surface area (Å²) in [4.78, 5) is 29.8. The van der Waals surface area contributed by atoms with Gasteiger partial charge in [-0.25, -0.2) is 9.67 Å². The molecule has 39 heavy (non-hydrogen) atoms. The number of hydrogen-bond donors (Lipinski definition) is 2. The van der Waals surface area contributed by atoms with E-state index in [0.29, 0.717) is 29.6 Å². The zero-order valence-corrected chi connectivity index (χ0v) is 22.6. The Balaban J connectivity index is 1.77. The number of amides is 1. The van der Waals surface area contributed by atoms with E-state index in [0.717, 1.165) is 23.1 Å². The molecule has 0 saturated carbocycles. The fourth-order valence-corrected chi connectivity index (χ4v) is 3.93. The Hall–Kier alpha value is -5.02. The number of ether oxygens (including phenoxy) is 1. The van der Waals surface area contributed by atoms with Gasteiger partial charge in [-0.1, -0.05) is 24.8 Å². The molecule has 1 aromatic carbocycles. The SMILES string of the molecule is C=CC(=O)Nc1cc(Nc2ncc(C#N)c(-n3nc(C)c4ccccc43)n2)c(OC)nc1N(C)CCN(C)C. The lowest BCUT2D eigenvalue weighted by Crippen LogP contribution is -2.30. The number of hydrogen-bond acceptors (Lipinski definition) is 10. The molecule has 0 saturated heterocycles. The standard InChI is InChI=1S/C27H30N10O2/c1-7-23(38)30-20-14-21(26(39-6)32-25(20)36(5)13-12-35(3)4)31-27-29-16-18(15-28)24(33-27)37-22-11-9-8-10-19(22)17(2)34-37/h7-11,14,16H,1,12-13H2,2-6H3,(H,30,38)(H,29,31,33). The normalized spacial score (nSPS) is 10.8. The van der Waals surface area contributed by atoms with Gasteiger partial charge >= 0.3 is 0 Å². The number of pyridine rings is 1. The molecule has 0 aliphatic heterocycles. The lowest BCUT2D eigenvalue weighted by Gasteiger charge is -2.24. The molecular weight excluding hydrogens is 496 g/mol. The van der Waals surface area contributed by atoms with Gasteiger partial charge in [0.15, 0.2) is 11.6 Å². The Bertz CT molecular complexity index is 1570. The molecule has 0 radical (unpaired) electrons. The number of carbonyl (C=O) groups excluding carboxylic acids is 1. The van der Waals surface area contributed by atoms with Crippen LogP contribution in [0.4, 0.5) is 23.1 Å². The third-order valence-electron chi connectivity index (χ3n) is 5.96. The zero-order valence-electron chi connectivity index (χ0n) is 22.6. The number of methoxy groups -OCH3 is 1. The van der Waals surface area contributed by atoms with Gasteiger partial charge in [0, 0.05) is 25.5 Å². The predicted octanol–water partition coefficient (Wildman–Crippen LogP) is 3.27. The van der Waals surface area contributed by atoms with E-state index in [1.54, 1.807) is 10.7 Å². The zero-order chi connectivity index (χ0) is 28.1. The average Bonchev–Trinajstić information content (AvgIpc) is 3.28. The molecule has 0 aliphatic rings. The van der Waals surface area contributed by atoms with Crippen LogP contribution < -0.4 is 20.3 Å². The first-order valence-corrected chi connectivity index (χ1v) is 12.1. The second kappa shape index (κ2) is 11.6. The molecule has 0 atom stereocenters. The number of benzene rings is 1. The minimum Gasteiger partial charge on any atom is -0.479 e. The highest BCUT2D eigenvalue weighted by molar-refractivity contribution is 6.01. The van der Waals surface area contributed by atoms with Crippen molar-refractivity contribution in [3.63, 3.8) is 0 Å². The Morgan fingerprint density at radius 1 is 1.21 bits per heavy atom. The summed E-state index contributed by atoms with van der Waals surface area (Å²) in [5.74, 6) is 0.929. The van der Waals surface area contributed by atoms with Gasteiger partial charge in [-0.3, -0.25) is 4.79 Å². The summed E-state index contributed by atoms with van der Waals surface area (Å²) in [7, 11) is 7.35. The molecule has 12 nitrogen and oxygen atoms in total. The van der Waals surface area contributed by atoms with Crippen LogP contribution >= 0.6 is 0 Å². The second-order valence-corrected chi connectivity index (χ2v) is 9.02. The number of fused-ring (bicyclic) bond motifs is 1. The summed E-state index contributed by atoms with van der Waals surface area (Å²) in [5.41, 5.74) is 2.75. The van der Waals surface area contributed by atoms with Gasteiger partial charge in [-0.05, 0) is 39.2 Å². The van der Waals surface area contributed by atoms with Crippen LogP contribution in [0.15, 0.2) is 49.2 Å². The first-order valence-electron chi connectivity index (χ1n) is 12.1. The van der Waals surface area contributed by atoms with Crippen molar-refractivity contribution in [1.82, 2.24) is 29.6 Å². The molecule has 3 aromatic heterocycles. The highest BCUT2D eigenvalue weighted by Crippen LogP contribution is 2.34. The van der Waals surface area contributed by atoms with Gasteiger partial charge in [-0.15, -0.1) is 0 Å². The summed E-state index contributed by atoms with van der Waals surface area (Å²) in [5, 5.41) is 21.3. The minimum absolute atomic E-state index is 0.191. The van der Waals surface area contributed by atoms with Crippen LogP contribution in [0, 0.1) is 18.3 Å². The van der Waals surface area contributed by atoms with Gasteiger partial charge in [-0.2, -0.15) is 20.3 Å². The Morgan fingerprint density at radius 3 is 2.67 bits per heavy atom. The van der Waals surface area contributed by atoms with Crippen molar-refractivity contribution in [2.45, 2.75) is 6.92 Å². The lowest BCUT2D eigenvalue weighted by atomic mass is 10.2. The molecule has 200 valence electrons. The molecule has 2 N–H and O–H groups in total. The van der Waals surface area contributed by atoms with Gasteiger partial charge in [0.1, 0.15) is 17.3 Å². The van der Waals surface area contributed by atoms with E-state index in [-0.39, 0.29) is 23.3 Å². The molecule has 0 bridgehead atoms. The molecule has 0 unspecified atom stereocenters. The Labute approximate surface area is 226 Å². The highest BCUT2D eigenvalue weighted by Gasteiger charge is 2.20. The Kier molecular flexibility index (Phi) is 8.02. The predicted molar refractivity (Wildman–Crippen MR) is 151 cm³/mol. The molecule has 4 aromatic rings. The number of anilines is 4. The van der Waals surface area contributed by atoms with Crippen molar-refractivity contribution in [2.75, 3.05) is 56.9 Å². The number of rotatable bonds is 10. The number of aryl methyl sites for hydroxylation is 1. The van der Waals surface area contributed by atoms with E-state index in [1.807, 2.05) is 57.2 Å². The molecule has 12 heteroatoms. The molecule has 3 heterocycles. The van der Waals surface area contributed by atoms with Crippen LogP contribution in [0.5, 0.6) is 5.88 Å². The largest absolute Gasteiger partial charge is 0.479 e. The van der Waals surface area contributed by atoms with Crippen LogP contribution in [0.2, 0.25) is 0 Å². The number of nitrogens with zero attached hydrogens (tertiary/aromatic N) is 8. The van der Waals surface area contributed by atoms with E-state index in [4.69, 9.17) is 4.74 Å².